The summed E-state index contributed by atoms with van der Waals surface area (Å²) < 4.78 is 18.6. The van der Waals surface area contributed by atoms with Crippen LogP contribution < -0.4 is 0 Å². The second kappa shape index (κ2) is 4.66. The fraction of sp³-hybridized carbons (Fsp3) is 0.462. The molecule has 0 spiro atoms. The third-order valence-corrected chi connectivity index (χ3v) is 3.38. The van der Waals surface area contributed by atoms with E-state index in [1.165, 1.54) is 12.1 Å². The zero-order chi connectivity index (χ0) is 12.5. The highest BCUT2D eigenvalue weighted by molar-refractivity contribution is 5.72. The van der Waals surface area contributed by atoms with Gasteiger partial charge >= 0.3 is 0 Å². The number of aromatic nitrogens is 1. The maximum atomic E-state index is 13.0. The van der Waals surface area contributed by atoms with Crippen LogP contribution in [-0.2, 0) is 6.54 Å². The Balaban J connectivity index is 1.75. The first-order chi connectivity index (χ1) is 8.74. The number of hydrogen-bond acceptors (Lipinski definition) is 4. The van der Waals surface area contributed by atoms with E-state index in [0.29, 0.717) is 29.5 Å². The molecule has 0 aliphatic carbocycles. The lowest BCUT2D eigenvalue weighted by Crippen LogP contribution is -2.21. The highest BCUT2D eigenvalue weighted by Crippen LogP contribution is 2.21. The molecule has 1 N–H and O–H groups in total. The van der Waals surface area contributed by atoms with Crippen LogP contribution in [0.25, 0.3) is 11.1 Å². The summed E-state index contributed by atoms with van der Waals surface area (Å²) in [4.78, 5) is 6.47. The summed E-state index contributed by atoms with van der Waals surface area (Å²) in [6.07, 6.45) is 1.01. The maximum absolute atomic E-state index is 13.0. The molecule has 1 aromatic heterocycles. The van der Waals surface area contributed by atoms with Gasteiger partial charge < -0.3 is 9.52 Å². The van der Waals surface area contributed by atoms with Crippen molar-refractivity contribution in [3.8, 4) is 0 Å². The van der Waals surface area contributed by atoms with E-state index >= 15 is 0 Å². The van der Waals surface area contributed by atoms with Gasteiger partial charge in [0.25, 0.3) is 0 Å². The van der Waals surface area contributed by atoms with Crippen LogP contribution in [-0.4, -0.2) is 34.7 Å². The van der Waals surface area contributed by atoms with Crippen molar-refractivity contribution in [3.05, 3.63) is 29.9 Å². The summed E-state index contributed by atoms with van der Waals surface area (Å²) in [6, 6.07) is 4.35. The monoisotopic (exact) mass is 250 g/mol. The molecule has 0 saturated carbocycles. The number of rotatable bonds is 3. The molecule has 1 fully saturated rings. The third-order valence-electron chi connectivity index (χ3n) is 3.38. The topological polar surface area (TPSA) is 49.5 Å². The van der Waals surface area contributed by atoms with Gasteiger partial charge in [-0.3, -0.25) is 4.90 Å². The lowest BCUT2D eigenvalue weighted by Gasteiger charge is -2.12. The fourth-order valence-corrected chi connectivity index (χ4v) is 2.41. The first-order valence-electron chi connectivity index (χ1n) is 6.13. The van der Waals surface area contributed by atoms with Gasteiger partial charge in [0, 0.05) is 19.2 Å². The average Bonchev–Trinajstić information content (AvgIpc) is 2.95. The molecular formula is C13H15FN2O2. The Hall–Kier alpha value is -1.46. The lowest BCUT2D eigenvalue weighted by molar-refractivity contribution is 0.215. The second-order valence-corrected chi connectivity index (χ2v) is 4.79. The van der Waals surface area contributed by atoms with Crippen molar-refractivity contribution in [1.29, 1.82) is 0 Å². The minimum Gasteiger partial charge on any atom is -0.439 e. The van der Waals surface area contributed by atoms with Crippen molar-refractivity contribution >= 4 is 11.1 Å². The highest BCUT2D eigenvalue weighted by Gasteiger charge is 2.23. The summed E-state index contributed by atoms with van der Waals surface area (Å²) in [5.74, 6) is 0.657. The van der Waals surface area contributed by atoms with Crippen molar-refractivity contribution in [1.82, 2.24) is 9.88 Å². The number of oxazole rings is 1. The molecule has 1 unspecified atom stereocenters. The molecule has 1 aliphatic heterocycles. The number of halogens is 1. The lowest BCUT2D eigenvalue weighted by atomic mass is 10.1. The molecule has 96 valence electrons. The van der Waals surface area contributed by atoms with Gasteiger partial charge in [-0.25, -0.2) is 9.37 Å². The number of benzene rings is 1. The Bertz CT molecular complexity index is 555. The number of fused-ring (bicyclic) bond motifs is 1. The average molecular weight is 250 g/mol. The Kier molecular flexibility index (Phi) is 3.01. The summed E-state index contributed by atoms with van der Waals surface area (Å²) in [7, 11) is 0. The van der Waals surface area contributed by atoms with E-state index in [1.54, 1.807) is 6.07 Å². The summed E-state index contributed by atoms with van der Waals surface area (Å²) >= 11 is 0. The predicted octanol–water partition coefficient (Wildman–Crippen LogP) is 1.78. The van der Waals surface area contributed by atoms with Crippen LogP contribution in [0.4, 0.5) is 4.39 Å². The van der Waals surface area contributed by atoms with Crippen molar-refractivity contribution < 1.29 is 13.9 Å². The predicted molar refractivity (Wildman–Crippen MR) is 64.4 cm³/mol. The quantitative estimate of drug-likeness (QED) is 0.902. The molecule has 3 rings (SSSR count). The highest BCUT2D eigenvalue weighted by atomic mass is 19.1. The van der Waals surface area contributed by atoms with E-state index in [-0.39, 0.29) is 12.4 Å². The standard InChI is InChI=1S/C13H15FN2O2/c14-10-1-2-12-11(5-10)15-13(18-12)7-16-4-3-9(6-16)8-17/h1-2,5,9,17H,3-4,6-8H2. The molecule has 4 nitrogen and oxygen atoms in total. The van der Waals surface area contributed by atoms with Gasteiger partial charge in [-0.1, -0.05) is 0 Å². The second-order valence-electron chi connectivity index (χ2n) is 4.79. The van der Waals surface area contributed by atoms with Crippen LogP contribution in [0.1, 0.15) is 12.3 Å². The minimum absolute atomic E-state index is 0.231. The summed E-state index contributed by atoms with van der Waals surface area (Å²) in [5.41, 5.74) is 1.17. The molecule has 0 bridgehead atoms. The van der Waals surface area contributed by atoms with Gasteiger partial charge in [0.2, 0.25) is 5.89 Å². The largest absolute Gasteiger partial charge is 0.439 e. The van der Waals surface area contributed by atoms with Crippen LogP contribution >= 0.6 is 0 Å². The first-order valence-corrected chi connectivity index (χ1v) is 6.13. The molecule has 1 atom stereocenters. The van der Waals surface area contributed by atoms with Gasteiger partial charge in [0.15, 0.2) is 5.58 Å². The minimum atomic E-state index is -0.302. The van der Waals surface area contributed by atoms with E-state index in [4.69, 9.17) is 9.52 Å². The maximum Gasteiger partial charge on any atom is 0.209 e. The van der Waals surface area contributed by atoms with Crippen molar-refractivity contribution in [3.63, 3.8) is 0 Å². The first kappa shape index (κ1) is 11.6. The Morgan fingerprint density at radius 3 is 3.17 bits per heavy atom. The van der Waals surface area contributed by atoms with E-state index in [9.17, 15) is 4.39 Å². The van der Waals surface area contributed by atoms with Crippen molar-refractivity contribution in [2.45, 2.75) is 13.0 Å². The molecule has 1 saturated heterocycles. The van der Waals surface area contributed by atoms with E-state index < -0.39 is 0 Å². The van der Waals surface area contributed by atoms with Gasteiger partial charge in [-0.05, 0) is 31.0 Å². The Labute approximate surface area is 104 Å². The number of hydrogen-bond donors (Lipinski definition) is 1. The number of nitrogens with zero attached hydrogens (tertiary/aromatic N) is 2. The zero-order valence-corrected chi connectivity index (χ0v) is 9.97. The molecule has 2 aromatic rings. The number of likely N-dealkylation sites (tertiary alicyclic amines) is 1. The van der Waals surface area contributed by atoms with Crippen LogP contribution in [0.5, 0.6) is 0 Å². The van der Waals surface area contributed by atoms with Gasteiger partial charge in [-0.2, -0.15) is 0 Å². The third kappa shape index (κ3) is 2.23. The van der Waals surface area contributed by atoms with Crippen LogP contribution in [0.2, 0.25) is 0 Å². The molecule has 1 aromatic carbocycles. The normalized spacial score (nSPS) is 20.9. The Morgan fingerprint density at radius 1 is 1.50 bits per heavy atom. The van der Waals surface area contributed by atoms with Gasteiger partial charge in [-0.15, -0.1) is 0 Å². The molecule has 2 heterocycles. The van der Waals surface area contributed by atoms with E-state index in [0.717, 1.165) is 19.5 Å². The van der Waals surface area contributed by atoms with Crippen LogP contribution in [0.15, 0.2) is 22.6 Å². The van der Waals surface area contributed by atoms with E-state index in [1.807, 2.05) is 0 Å². The fourth-order valence-electron chi connectivity index (χ4n) is 2.41. The molecule has 18 heavy (non-hydrogen) atoms. The molecule has 1 aliphatic rings. The SMILES string of the molecule is OCC1CCN(Cc2nc3cc(F)ccc3o2)C1. The molecule has 5 heteroatoms. The van der Waals surface area contributed by atoms with Gasteiger partial charge in [0.05, 0.1) is 6.54 Å². The number of aliphatic hydroxyl groups is 1. The van der Waals surface area contributed by atoms with Crippen LogP contribution in [0.3, 0.4) is 0 Å². The smallest absolute Gasteiger partial charge is 0.209 e. The number of aliphatic hydroxyl groups excluding tert-OH is 1. The van der Waals surface area contributed by atoms with Crippen LogP contribution in [0, 0.1) is 11.7 Å². The zero-order valence-electron chi connectivity index (χ0n) is 9.97. The molecular weight excluding hydrogens is 235 g/mol. The Morgan fingerprint density at radius 2 is 2.39 bits per heavy atom. The van der Waals surface area contributed by atoms with Gasteiger partial charge in [0.1, 0.15) is 11.3 Å². The van der Waals surface area contributed by atoms with E-state index in [2.05, 4.69) is 9.88 Å². The molecule has 0 radical (unpaired) electrons. The van der Waals surface area contributed by atoms with Crippen molar-refractivity contribution in [2.75, 3.05) is 19.7 Å². The molecule has 0 amide bonds. The summed E-state index contributed by atoms with van der Waals surface area (Å²) in [5, 5.41) is 9.09. The van der Waals surface area contributed by atoms with Crippen molar-refractivity contribution in [2.24, 2.45) is 5.92 Å². The summed E-state index contributed by atoms with van der Waals surface area (Å²) in [6.45, 7) is 2.66.